The van der Waals surface area contributed by atoms with E-state index in [9.17, 15) is 18.8 Å². The van der Waals surface area contributed by atoms with Crippen molar-refractivity contribution >= 4 is 18.0 Å². The third-order valence-electron chi connectivity index (χ3n) is 8.89. The summed E-state index contributed by atoms with van der Waals surface area (Å²) in [5, 5.41) is 0. The Hall–Kier alpha value is -4.32. The highest BCUT2D eigenvalue weighted by molar-refractivity contribution is 5.83. The van der Waals surface area contributed by atoms with Crippen molar-refractivity contribution in [2.24, 2.45) is 11.8 Å². The molecule has 264 valence electrons. The second kappa shape index (κ2) is 15.5. The third-order valence-corrected chi connectivity index (χ3v) is 8.89. The molecule has 2 fully saturated rings. The summed E-state index contributed by atoms with van der Waals surface area (Å²) in [6.45, 7) is 10.6. The topological polar surface area (TPSA) is 103 Å². The molecular formula is C37H46F2N4O6. The molecule has 1 aromatic heterocycles. The summed E-state index contributed by atoms with van der Waals surface area (Å²) < 4.78 is 48.3. The molecule has 0 radical (unpaired) electrons. The van der Waals surface area contributed by atoms with Crippen molar-refractivity contribution in [2.75, 3.05) is 32.8 Å². The molecule has 2 aliphatic rings. The molecule has 10 nitrogen and oxygen atoms in total. The molecule has 0 saturated carbocycles. The molecule has 5 rings (SSSR count). The number of halogens is 2. The summed E-state index contributed by atoms with van der Waals surface area (Å²) in [5.74, 6) is -1.94. The SMILES string of the molecule is CC(=O)OC(C)C(=O)N(CC1CCN(C(=O)OC(C)(C)C)C1)C(c1nc(-c2cc(F)ccc2F)cn1Cc1ccccc1)C1CCOCC1. The van der Waals surface area contributed by atoms with Gasteiger partial charge in [-0.3, -0.25) is 9.59 Å². The lowest BCUT2D eigenvalue weighted by Crippen LogP contribution is -2.48. The Labute approximate surface area is 286 Å². The first kappa shape index (κ1) is 36.0. The van der Waals surface area contributed by atoms with Crippen molar-refractivity contribution in [1.29, 1.82) is 0 Å². The fraction of sp³-hybridized carbons (Fsp3) is 0.514. The van der Waals surface area contributed by atoms with Crippen LogP contribution in [-0.4, -0.2) is 81.9 Å². The van der Waals surface area contributed by atoms with Crippen molar-refractivity contribution in [3.63, 3.8) is 0 Å². The van der Waals surface area contributed by atoms with E-state index in [1.54, 1.807) is 22.9 Å². The second-order valence-corrected chi connectivity index (χ2v) is 13.9. The fourth-order valence-corrected chi connectivity index (χ4v) is 6.66. The molecule has 12 heteroatoms. The van der Waals surface area contributed by atoms with Crippen molar-refractivity contribution in [1.82, 2.24) is 19.4 Å². The summed E-state index contributed by atoms with van der Waals surface area (Å²) in [5.41, 5.74) is 0.540. The lowest BCUT2D eigenvalue weighted by molar-refractivity contribution is -0.160. The van der Waals surface area contributed by atoms with Crippen LogP contribution in [0.2, 0.25) is 0 Å². The first-order valence-corrected chi connectivity index (χ1v) is 16.9. The van der Waals surface area contributed by atoms with Crippen molar-refractivity contribution < 1.29 is 37.4 Å². The number of imidazole rings is 1. The Kier molecular flexibility index (Phi) is 11.4. The van der Waals surface area contributed by atoms with Gasteiger partial charge in [0.25, 0.3) is 5.91 Å². The van der Waals surface area contributed by atoms with Gasteiger partial charge in [-0.05, 0) is 82.6 Å². The van der Waals surface area contributed by atoms with Crippen molar-refractivity contribution in [3.8, 4) is 11.3 Å². The smallest absolute Gasteiger partial charge is 0.410 e. The molecule has 49 heavy (non-hydrogen) atoms. The van der Waals surface area contributed by atoms with Gasteiger partial charge in [0.1, 0.15) is 23.1 Å². The zero-order valence-corrected chi connectivity index (χ0v) is 28.9. The van der Waals surface area contributed by atoms with Crippen LogP contribution in [0.5, 0.6) is 0 Å². The summed E-state index contributed by atoms with van der Waals surface area (Å²) in [7, 11) is 0. The van der Waals surface area contributed by atoms with Gasteiger partial charge >= 0.3 is 12.1 Å². The van der Waals surface area contributed by atoms with E-state index in [4.69, 9.17) is 19.2 Å². The summed E-state index contributed by atoms with van der Waals surface area (Å²) in [6.07, 6.45) is 2.05. The Morgan fingerprint density at radius 2 is 1.78 bits per heavy atom. The van der Waals surface area contributed by atoms with Crippen LogP contribution >= 0.6 is 0 Å². The van der Waals surface area contributed by atoms with Crippen LogP contribution in [-0.2, 0) is 30.3 Å². The molecular weight excluding hydrogens is 634 g/mol. The van der Waals surface area contributed by atoms with Gasteiger partial charge in [0.2, 0.25) is 0 Å². The zero-order valence-electron chi connectivity index (χ0n) is 28.9. The first-order valence-electron chi connectivity index (χ1n) is 16.9. The Bertz CT molecular complexity index is 1620. The molecule has 3 atom stereocenters. The van der Waals surface area contributed by atoms with E-state index in [0.29, 0.717) is 57.9 Å². The molecule has 2 aliphatic heterocycles. The molecule has 2 saturated heterocycles. The zero-order chi connectivity index (χ0) is 35.3. The Morgan fingerprint density at radius 3 is 2.45 bits per heavy atom. The van der Waals surface area contributed by atoms with Crippen molar-refractivity contribution in [3.05, 3.63) is 77.8 Å². The summed E-state index contributed by atoms with van der Waals surface area (Å²) in [6, 6.07) is 12.3. The lowest BCUT2D eigenvalue weighted by atomic mass is 9.88. The van der Waals surface area contributed by atoms with Crippen LogP contribution in [0.4, 0.5) is 13.6 Å². The predicted octanol–water partition coefficient (Wildman–Crippen LogP) is 6.38. The largest absolute Gasteiger partial charge is 0.453 e. The van der Waals surface area contributed by atoms with Gasteiger partial charge in [-0.1, -0.05) is 30.3 Å². The Morgan fingerprint density at radius 1 is 1.06 bits per heavy atom. The Balaban J connectivity index is 1.60. The second-order valence-electron chi connectivity index (χ2n) is 13.9. The maximum absolute atomic E-state index is 15.2. The van der Waals surface area contributed by atoms with E-state index >= 15 is 4.39 Å². The highest BCUT2D eigenvalue weighted by atomic mass is 19.1. The van der Waals surface area contributed by atoms with Crippen LogP contribution in [0.15, 0.2) is 54.7 Å². The minimum absolute atomic E-state index is 0.00809. The lowest BCUT2D eigenvalue weighted by Gasteiger charge is -2.40. The van der Waals surface area contributed by atoms with Gasteiger partial charge in [0.05, 0.1) is 11.7 Å². The highest BCUT2D eigenvalue weighted by Gasteiger charge is 2.41. The van der Waals surface area contributed by atoms with Crippen molar-refractivity contribution in [2.45, 2.75) is 78.2 Å². The van der Waals surface area contributed by atoms with E-state index < -0.39 is 47.4 Å². The molecule has 2 amide bonds. The van der Waals surface area contributed by atoms with E-state index in [0.717, 1.165) is 23.8 Å². The van der Waals surface area contributed by atoms with Crippen LogP contribution < -0.4 is 0 Å². The number of hydrogen-bond acceptors (Lipinski definition) is 7. The number of hydrogen-bond donors (Lipinski definition) is 0. The first-order chi connectivity index (χ1) is 23.3. The number of aromatic nitrogens is 2. The fourth-order valence-electron chi connectivity index (χ4n) is 6.66. The normalized spacial score (nSPS) is 18.2. The van der Waals surface area contributed by atoms with Gasteiger partial charge in [0.15, 0.2) is 6.10 Å². The number of carbonyl (C=O) groups excluding carboxylic acids is 3. The number of nitrogens with zero attached hydrogens (tertiary/aromatic N) is 4. The van der Waals surface area contributed by atoms with Crippen LogP contribution in [0, 0.1) is 23.5 Å². The molecule has 3 heterocycles. The minimum atomic E-state index is -1.10. The number of benzene rings is 2. The van der Waals surface area contributed by atoms with Gasteiger partial charge in [-0.2, -0.15) is 0 Å². The van der Waals surface area contributed by atoms with Crippen LogP contribution in [0.1, 0.15) is 71.3 Å². The quantitative estimate of drug-likeness (QED) is 0.229. The molecule has 0 bridgehead atoms. The maximum Gasteiger partial charge on any atom is 0.410 e. The molecule has 3 aromatic rings. The van der Waals surface area contributed by atoms with Crippen LogP contribution in [0.25, 0.3) is 11.3 Å². The third kappa shape index (κ3) is 9.23. The summed E-state index contributed by atoms with van der Waals surface area (Å²) >= 11 is 0. The van der Waals surface area contributed by atoms with Gasteiger partial charge in [0, 0.05) is 58.1 Å². The number of likely N-dealkylation sites (tertiary alicyclic amines) is 1. The number of carbonyl (C=O) groups is 3. The molecule has 0 aliphatic carbocycles. The van der Waals surface area contributed by atoms with Gasteiger partial charge < -0.3 is 28.6 Å². The van der Waals surface area contributed by atoms with E-state index in [1.165, 1.54) is 6.92 Å². The average Bonchev–Trinajstić information content (AvgIpc) is 3.69. The molecule has 0 spiro atoms. The van der Waals surface area contributed by atoms with Gasteiger partial charge in [-0.25, -0.2) is 18.6 Å². The van der Waals surface area contributed by atoms with Gasteiger partial charge in [-0.15, -0.1) is 0 Å². The standard InChI is InChI=1S/C37H46F2N4O6/c1-24(48-25(2)44)35(45)43(22-27-13-16-41(21-27)36(46)49-37(3,4)5)33(28-14-17-47-18-15-28)34-40-32(30-19-29(38)11-12-31(30)39)23-42(34)20-26-9-7-6-8-10-26/h6-12,19,23-24,27-28,33H,13-18,20-22H2,1-5H3. The molecule has 0 N–H and O–H groups in total. The number of esters is 1. The molecule has 3 unspecified atom stereocenters. The number of ether oxygens (including phenoxy) is 3. The average molecular weight is 681 g/mol. The monoisotopic (exact) mass is 680 g/mol. The predicted molar refractivity (Wildman–Crippen MR) is 178 cm³/mol. The number of rotatable bonds is 10. The van der Waals surface area contributed by atoms with E-state index in [-0.39, 0.29) is 29.6 Å². The number of amides is 2. The minimum Gasteiger partial charge on any atom is -0.453 e. The van der Waals surface area contributed by atoms with E-state index in [1.807, 2.05) is 55.7 Å². The highest BCUT2D eigenvalue weighted by Crippen LogP contribution is 2.39. The molecule has 2 aromatic carbocycles. The van der Waals surface area contributed by atoms with E-state index in [2.05, 4.69) is 0 Å². The maximum atomic E-state index is 15.2. The summed E-state index contributed by atoms with van der Waals surface area (Å²) in [4.78, 5) is 47.8. The van der Waals surface area contributed by atoms with Crippen LogP contribution in [0.3, 0.4) is 0 Å².